The summed E-state index contributed by atoms with van der Waals surface area (Å²) in [5.74, 6) is -0.704. The van der Waals surface area contributed by atoms with E-state index < -0.39 is 11.7 Å². The molecule has 0 aromatic heterocycles. The van der Waals surface area contributed by atoms with Crippen LogP contribution in [0.25, 0.3) is 0 Å². The van der Waals surface area contributed by atoms with E-state index in [9.17, 15) is 9.90 Å². The molecule has 8 nitrogen and oxygen atoms in total. The summed E-state index contributed by atoms with van der Waals surface area (Å²) in [6, 6.07) is 9.24. The molecule has 0 fully saturated rings. The summed E-state index contributed by atoms with van der Waals surface area (Å²) < 4.78 is 22.2. The molecule has 2 aromatic carbocycles. The average Bonchev–Trinajstić information content (AvgIpc) is 2.68. The van der Waals surface area contributed by atoms with Gasteiger partial charge in [-0.15, -0.1) is 0 Å². The fourth-order valence-corrected chi connectivity index (χ4v) is 2.50. The molecule has 1 aliphatic rings. The van der Waals surface area contributed by atoms with Crippen LogP contribution in [0.5, 0.6) is 17.2 Å². The van der Waals surface area contributed by atoms with Crippen LogP contribution < -0.4 is 14.6 Å². The molecule has 1 N–H and O–H groups in total. The highest BCUT2D eigenvalue weighted by atomic mass is 16.6. The van der Waals surface area contributed by atoms with Crippen LogP contribution in [-0.4, -0.2) is 56.9 Å². The second-order valence-electron chi connectivity index (χ2n) is 5.87. The summed E-state index contributed by atoms with van der Waals surface area (Å²) >= 11 is 0. The lowest BCUT2D eigenvalue weighted by Gasteiger charge is -2.15. The van der Waals surface area contributed by atoms with Crippen LogP contribution >= 0.6 is 0 Å². The van der Waals surface area contributed by atoms with Gasteiger partial charge in [0.2, 0.25) is 0 Å². The largest absolute Gasteiger partial charge is 0.872 e. The van der Waals surface area contributed by atoms with Gasteiger partial charge in [-0.1, -0.05) is 17.9 Å². The van der Waals surface area contributed by atoms with Crippen LogP contribution in [0.4, 0.5) is 5.69 Å². The molecule has 8 heteroatoms. The molecule has 0 unspecified atom stereocenters. The van der Waals surface area contributed by atoms with Gasteiger partial charge >= 0.3 is 5.97 Å². The molecular formula is C20H20NO7-. The Balaban J connectivity index is 1.77. The molecule has 0 amide bonds. The third-order valence-corrected chi connectivity index (χ3v) is 3.87. The Kier molecular flexibility index (Phi) is 6.83. The fourth-order valence-electron chi connectivity index (χ4n) is 2.50. The predicted octanol–water partition coefficient (Wildman–Crippen LogP) is 2.01. The van der Waals surface area contributed by atoms with E-state index >= 15 is 0 Å². The molecule has 148 valence electrons. The van der Waals surface area contributed by atoms with Gasteiger partial charge < -0.3 is 29.2 Å². The van der Waals surface area contributed by atoms with E-state index in [1.807, 2.05) is 0 Å². The molecule has 0 radical (unpaired) electrons. The third kappa shape index (κ3) is 5.45. The van der Waals surface area contributed by atoms with Gasteiger partial charge in [0.1, 0.15) is 13.2 Å². The van der Waals surface area contributed by atoms with E-state index in [1.165, 1.54) is 24.4 Å². The zero-order valence-corrected chi connectivity index (χ0v) is 15.1. The highest BCUT2D eigenvalue weighted by Crippen LogP contribution is 2.32. The standard InChI is InChI=1S/C20H21NO7/c22-17-3-1-14(11-16(17)20(23)24)13-21-15-2-4-18-19(12-15)28-10-8-26-6-5-25-7-9-27-18/h1-4,11-13,22H,5-10H2,(H,23,24)/p-1. The molecule has 0 atom stereocenters. The number of aliphatic imine (C=N–C) groups is 1. The second kappa shape index (κ2) is 9.72. The molecule has 3 rings (SSSR count). The van der Waals surface area contributed by atoms with Crippen molar-refractivity contribution < 1.29 is 34.0 Å². The molecule has 1 heterocycles. The lowest BCUT2D eigenvalue weighted by Crippen LogP contribution is -2.15. The van der Waals surface area contributed by atoms with Crippen molar-refractivity contribution in [2.24, 2.45) is 4.99 Å². The van der Waals surface area contributed by atoms with Gasteiger partial charge in [0.05, 0.1) is 37.7 Å². The summed E-state index contributed by atoms with van der Waals surface area (Å²) in [4.78, 5) is 15.4. The van der Waals surface area contributed by atoms with E-state index in [0.717, 1.165) is 0 Å². The zero-order chi connectivity index (χ0) is 19.8. The second-order valence-corrected chi connectivity index (χ2v) is 5.87. The van der Waals surface area contributed by atoms with Crippen LogP contribution in [0.3, 0.4) is 0 Å². The van der Waals surface area contributed by atoms with E-state index in [4.69, 9.17) is 24.1 Å². The Morgan fingerprint density at radius 1 is 0.929 bits per heavy atom. The summed E-state index contributed by atoms with van der Waals surface area (Å²) in [6.07, 6.45) is 1.49. The van der Waals surface area contributed by atoms with Gasteiger partial charge in [-0.05, 0) is 23.8 Å². The lowest BCUT2D eigenvalue weighted by molar-refractivity contribution is -0.268. The number of carboxylic acids is 1. The molecule has 0 saturated carbocycles. The highest BCUT2D eigenvalue weighted by Gasteiger charge is 2.08. The average molecular weight is 386 g/mol. The van der Waals surface area contributed by atoms with E-state index in [0.29, 0.717) is 62.4 Å². The topological polar surface area (TPSA) is 110 Å². The first-order valence-corrected chi connectivity index (χ1v) is 8.77. The molecule has 0 aliphatic carbocycles. The number of nitrogens with zero attached hydrogens (tertiary/aromatic N) is 1. The van der Waals surface area contributed by atoms with E-state index in [1.54, 1.807) is 18.2 Å². The smallest absolute Gasteiger partial charge is 0.335 e. The molecule has 0 saturated heterocycles. The minimum atomic E-state index is -1.27. The summed E-state index contributed by atoms with van der Waals surface area (Å²) in [5, 5.41) is 20.6. The molecular weight excluding hydrogens is 366 g/mol. The van der Waals surface area contributed by atoms with Crippen LogP contribution in [0.15, 0.2) is 41.4 Å². The van der Waals surface area contributed by atoms with Crippen molar-refractivity contribution in [2.75, 3.05) is 39.6 Å². The van der Waals surface area contributed by atoms with Crippen molar-refractivity contribution in [1.82, 2.24) is 0 Å². The van der Waals surface area contributed by atoms with Gasteiger partial charge in [-0.3, -0.25) is 4.99 Å². The van der Waals surface area contributed by atoms with Gasteiger partial charge in [0, 0.05) is 12.3 Å². The normalized spacial score (nSPS) is 15.6. The zero-order valence-electron chi connectivity index (χ0n) is 15.1. The van der Waals surface area contributed by atoms with Crippen molar-refractivity contribution in [3.05, 3.63) is 47.5 Å². The number of rotatable bonds is 3. The van der Waals surface area contributed by atoms with Crippen molar-refractivity contribution in [2.45, 2.75) is 0 Å². The first kappa shape index (κ1) is 19.7. The Hall–Kier alpha value is -3.10. The van der Waals surface area contributed by atoms with Gasteiger partial charge in [-0.2, -0.15) is 0 Å². The van der Waals surface area contributed by atoms with Gasteiger partial charge in [0.25, 0.3) is 0 Å². The van der Waals surface area contributed by atoms with E-state index in [-0.39, 0.29) is 5.56 Å². The van der Waals surface area contributed by atoms with Crippen LogP contribution in [0, 0.1) is 0 Å². The maximum atomic E-state index is 11.5. The number of carboxylic acid groups (broad SMARTS) is 1. The maximum Gasteiger partial charge on any atom is 0.335 e. The first-order valence-electron chi connectivity index (χ1n) is 8.77. The number of fused-ring (bicyclic) bond motifs is 1. The number of ether oxygens (including phenoxy) is 4. The van der Waals surface area contributed by atoms with Crippen LogP contribution in [0.1, 0.15) is 15.9 Å². The Labute approximate surface area is 162 Å². The van der Waals surface area contributed by atoms with Crippen molar-refractivity contribution >= 4 is 17.9 Å². The van der Waals surface area contributed by atoms with E-state index in [2.05, 4.69) is 4.99 Å². The van der Waals surface area contributed by atoms with Crippen molar-refractivity contribution in [1.29, 1.82) is 0 Å². The Morgan fingerprint density at radius 2 is 1.61 bits per heavy atom. The monoisotopic (exact) mass is 386 g/mol. The SMILES string of the molecule is O=C(O)c1cc(C=Nc2ccc3c(c2)OCCOCCOCCO3)ccc1[O-]. The number of hydrogen-bond acceptors (Lipinski definition) is 7. The number of aromatic carboxylic acids is 1. The van der Waals surface area contributed by atoms with Gasteiger partial charge in [-0.25, -0.2) is 4.79 Å². The predicted molar refractivity (Wildman–Crippen MR) is 99.2 cm³/mol. The summed E-state index contributed by atoms with van der Waals surface area (Å²) in [7, 11) is 0. The summed E-state index contributed by atoms with van der Waals surface area (Å²) in [6.45, 7) is 2.64. The maximum absolute atomic E-state index is 11.5. The molecule has 28 heavy (non-hydrogen) atoms. The van der Waals surface area contributed by atoms with Crippen molar-refractivity contribution in [3.8, 4) is 17.2 Å². The molecule has 0 bridgehead atoms. The number of carbonyl (C=O) groups is 1. The third-order valence-electron chi connectivity index (χ3n) is 3.87. The number of hydrogen-bond donors (Lipinski definition) is 1. The van der Waals surface area contributed by atoms with Crippen molar-refractivity contribution in [3.63, 3.8) is 0 Å². The van der Waals surface area contributed by atoms with Crippen LogP contribution in [0.2, 0.25) is 0 Å². The van der Waals surface area contributed by atoms with Gasteiger partial charge in [0.15, 0.2) is 11.5 Å². The Morgan fingerprint density at radius 3 is 2.32 bits per heavy atom. The minimum absolute atomic E-state index is 0.291. The lowest BCUT2D eigenvalue weighted by atomic mass is 10.1. The fraction of sp³-hybridized carbons (Fsp3) is 0.300. The molecule has 2 aromatic rings. The quantitative estimate of drug-likeness (QED) is 0.804. The highest BCUT2D eigenvalue weighted by molar-refractivity contribution is 5.93. The molecule has 0 spiro atoms. The first-order chi connectivity index (χ1) is 13.6. The Bertz CT molecular complexity index is 850. The minimum Gasteiger partial charge on any atom is -0.872 e. The number of benzene rings is 2. The molecule has 1 aliphatic heterocycles. The summed E-state index contributed by atoms with van der Waals surface area (Å²) in [5.41, 5.74) is 0.808. The van der Waals surface area contributed by atoms with Crippen LogP contribution in [-0.2, 0) is 9.47 Å².